The summed E-state index contributed by atoms with van der Waals surface area (Å²) in [5.41, 5.74) is 6.65. The van der Waals surface area contributed by atoms with Gasteiger partial charge in [-0.2, -0.15) is 5.10 Å². The van der Waals surface area contributed by atoms with Crippen molar-refractivity contribution in [2.24, 2.45) is 7.05 Å². The summed E-state index contributed by atoms with van der Waals surface area (Å²) in [5, 5.41) is 5.10. The summed E-state index contributed by atoms with van der Waals surface area (Å²) in [5.74, 6) is 0. The lowest BCUT2D eigenvalue weighted by molar-refractivity contribution is 0.766. The zero-order valence-electron chi connectivity index (χ0n) is 10.1. The van der Waals surface area contributed by atoms with E-state index in [1.807, 2.05) is 13.2 Å². The Kier molecular flexibility index (Phi) is 2.75. The van der Waals surface area contributed by atoms with Crippen LogP contribution in [-0.4, -0.2) is 19.7 Å². The predicted molar refractivity (Wildman–Crippen MR) is 74.1 cm³/mol. The first-order valence-electron chi connectivity index (χ1n) is 5.58. The van der Waals surface area contributed by atoms with Gasteiger partial charge in [-0.1, -0.05) is 0 Å². The van der Waals surface area contributed by atoms with Crippen LogP contribution in [0.2, 0.25) is 0 Å². The number of aryl methyl sites for hydroxylation is 1. The molecule has 3 rings (SSSR count). The van der Waals surface area contributed by atoms with Gasteiger partial charge < -0.3 is 10.7 Å². The molecule has 0 saturated heterocycles. The summed E-state index contributed by atoms with van der Waals surface area (Å²) >= 11 is 1.36. The molecule has 0 aliphatic heterocycles. The Labute approximate surface area is 112 Å². The SMILES string of the molecule is Cn1cc(Sc2nc3ccc(N)cc3c(=O)[nH]2)cn1. The summed E-state index contributed by atoms with van der Waals surface area (Å²) in [4.78, 5) is 20.0. The number of anilines is 1. The van der Waals surface area contributed by atoms with Crippen molar-refractivity contribution < 1.29 is 0 Å². The minimum absolute atomic E-state index is 0.191. The number of nitrogens with one attached hydrogen (secondary N) is 1. The maximum absolute atomic E-state index is 12.0. The first-order chi connectivity index (χ1) is 9.11. The molecule has 0 radical (unpaired) electrons. The van der Waals surface area contributed by atoms with Gasteiger partial charge in [0.15, 0.2) is 5.16 Å². The van der Waals surface area contributed by atoms with E-state index in [9.17, 15) is 4.79 Å². The number of fused-ring (bicyclic) bond motifs is 1. The number of aromatic nitrogens is 4. The molecule has 0 aliphatic rings. The molecule has 2 aromatic heterocycles. The Morgan fingerprint density at radius 2 is 2.26 bits per heavy atom. The molecule has 0 bridgehead atoms. The fraction of sp³-hybridized carbons (Fsp3) is 0.0833. The number of nitrogens with zero attached hydrogens (tertiary/aromatic N) is 3. The molecule has 0 atom stereocenters. The van der Waals surface area contributed by atoms with Crippen molar-refractivity contribution in [3.8, 4) is 0 Å². The lowest BCUT2D eigenvalue weighted by atomic mass is 10.2. The molecule has 2 heterocycles. The Hall–Kier alpha value is -2.28. The van der Waals surface area contributed by atoms with Crippen LogP contribution in [0.25, 0.3) is 10.9 Å². The molecule has 0 fully saturated rings. The molecule has 0 spiro atoms. The van der Waals surface area contributed by atoms with E-state index in [-0.39, 0.29) is 5.56 Å². The fourth-order valence-corrected chi connectivity index (χ4v) is 2.56. The lowest BCUT2D eigenvalue weighted by Crippen LogP contribution is -2.09. The Morgan fingerprint density at radius 3 is 3.00 bits per heavy atom. The number of nitrogen functional groups attached to an aromatic ring is 1. The quantitative estimate of drug-likeness (QED) is 0.544. The van der Waals surface area contributed by atoms with Crippen LogP contribution in [0.15, 0.2) is 45.4 Å². The van der Waals surface area contributed by atoms with Gasteiger partial charge in [-0.25, -0.2) is 4.98 Å². The summed E-state index contributed by atoms with van der Waals surface area (Å²) < 4.78 is 1.70. The highest BCUT2D eigenvalue weighted by atomic mass is 32.2. The molecular weight excluding hydrogens is 262 g/mol. The largest absolute Gasteiger partial charge is 0.399 e. The fourth-order valence-electron chi connectivity index (χ4n) is 1.75. The van der Waals surface area contributed by atoms with E-state index in [1.165, 1.54) is 11.8 Å². The zero-order chi connectivity index (χ0) is 13.4. The summed E-state index contributed by atoms with van der Waals surface area (Å²) in [6.45, 7) is 0. The molecule has 0 amide bonds. The Bertz CT molecular complexity index is 807. The Morgan fingerprint density at radius 1 is 1.42 bits per heavy atom. The van der Waals surface area contributed by atoms with Gasteiger partial charge in [0.05, 0.1) is 22.0 Å². The molecular formula is C12H11N5OS. The van der Waals surface area contributed by atoms with Crippen LogP contribution in [0.5, 0.6) is 0 Å². The minimum Gasteiger partial charge on any atom is -0.399 e. The molecule has 0 aliphatic carbocycles. The third-order valence-electron chi connectivity index (χ3n) is 2.60. The highest BCUT2D eigenvalue weighted by Crippen LogP contribution is 2.24. The van der Waals surface area contributed by atoms with E-state index < -0.39 is 0 Å². The monoisotopic (exact) mass is 273 g/mol. The number of nitrogens with two attached hydrogens (primary N) is 1. The minimum atomic E-state index is -0.191. The van der Waals surface area contributed by atoms with E-state index in [2.05, 4.69) is 15.1 Å². The first kappa shape index (κ1) is 11.8. The van der Waals surface area contributed by atoms with Crippen molar-refractivity contribution in [3.05, 3.63) is 40.9 Å². The van der Waals surface area contributed by atoms with Crippen molar-refractivity contribution >= 4 is 28.4 Å². The summed E-state index contributed by atoms with van der Waals surface area (Å²) in [6.07, 6.45) is 3.58. The first-order valence-corrected chi connectivity index (χ1v) is 6.39. The van der Waals surface area contributed by atoms with Crippen LogP contribution < -0.4 is 11.3 Å². The van der Waals surface area contributed by atoms with Gasteiger partial charge in [-0.05, 0) is 30.0 Å². The van der Waals surface area contributed by atoms with E-state index in [4.69, 9.17) is 5.73 Å². The number of hydrogen-bond donors (Lipinski definition) is 2. The van der Waals surface area contributed by atoms with Crippen LogP contribution in [0.1, 0.15) is 0 Å². The predicted octanol–water partition coefficient (Wildman–Crippen LogP) is 1.39. The molecule has 6 nitrogen and oxygen atoms in total. The van der Waals surface area contributed by atoms with Gasteiger partial charge >= 0.3 is 0 Å². The normalized spacial score (nSPS) is 11.0. The number of benzene rings is 1. The van der Waals surface area contributed by atoms with Gasteiger partial charge in [0.2, 0.25) is 0 Å². The van der Waals surface area contributed by atoms with Crippen molar-refractivity contribution in [2.45, 2.75) is 10.1 Å². The van der Waals surface area contributed by atoms with Gasteiger partial charge in [-0.3, -0.25) is 9.48 Å². The summed E-state index contributed by atoms with van der Waals surface area (Å²) in [6, 6.07) is 5.10. The third kappa shape index (κ3) is 2.32. The highest BCUT2D eigenvalue weighted by molar-refractivity contribution is 7.99. The maximum atomic E-state index is 12.0. The molecule has 7 heteroatoms. The number of hydrogen-bond acceptors (Lipinski definition) is 5. The van der Waals surface area contributed by atoms with Crippen LogP contribution in [-0.2, 0) is 7.05 Å². The second-order valence-corrected chi connectivity index (χ2v) is 5.16. The topological polar surface area (TPSA) is 89.6 Å². The average molecular weight is 273 g/mol. The van der Waals surface area contributed by atoms with Crippen LogP contribution in [0.4, 0.5) is 5.69 Å². The highest BCUT2D eigenvalue weighted by Gasteiger charge is 2.06. The molecule has 0 saturated carbocycles. The molecule has 0 unspecified atom stereocenters. The molecule has 19 heavy (non-hydrogen) atoms. The number of aromatic amines is 1. The average Bonchev–Trinajstić information content (AvgIpc) is 2.76. The molecule has 96 valence electrons. The van der Waals surface area contributed by atoms with Gasteiger partial charge in [0, 0.05) is 18.9 Å². The second kappa shape index (κ2) is 4.43. The van der Waals surface area contributed by atoms with Crippen LogP contribution >= 0.6 is 11.8 Å². The van der Waals surface area contributed by atoms with E-state index in [1.54, 1.807) is 29.1 Å². The zero-order valence-corrected chi connectivity index (χ0v) is 10.9. The Balaban J connectivity index is 2.06. The summed E-state index contributed by atoms with van der Waals surface area (Å²) in [7, 11) is 1.84. The third-order valence-corrected chi connectivity index (χ3v) is 3.44. The van der Waals surface area contributed by atoms with E-state index in [0.29, 0.717) is 21.7 Å². The number of rotatable bonds is 2. The standard InChI is InChI=1S/C12H11N5OS/c1-17-6-8(5-14-17)19-12-15-10-3-2-7(13)4-9(10)11(18)16-12/h2-6H,13H2,1H3,(H,15,16,18). The van der Waals surface area contributed by atoms with Crippen LogP contribution in [0, 0.1) is 0 Å². The van der Waals surface area contributed by atoms with E-state index in [0.717, 1.165) is 4.90 Å². The van der Waals surface area contributed by atoms with Crippen molar-refractivity contribution in [3.63, 3.8) is 0 Å². The van der Waals surface area contributed by atoms with Crippen molar-refractivity contribution in [2.75, 3.05) is 5.73 Å². The van der Waals surface area contributed by atoms with Gasteiger partial charge in [-0.15, -0.1) is 0 Å². The lowest BCUT2D eigenvalue weighted by Gasteiger charge is -2.01. The molecule has 3 aromatic rings. The van der Waals surface area contributed by atoms with Crippen LogP contribution in [0.3, 0.4) is 0 Å². The van der Waals surface area contributed by atoms with Crippen molar-refractivity contribution in [1.29, 1.82) is 0 Å². The smallest absolute Gasteiger partial charge is 0.259 e. The second-order valence-electron chi connectivity index (χ2n) is 4.10. The van der Waals surface area contributed by atoms with E-state index >= 15 is 0 Å². The van der Waals surface area contributed by atoms with Gasteiger partial charge in [0.1, 0.15) is 0 Å². The maximum Gasteiger partial charge on any atom is 0.259 e. The number of H-pyrrole nitrogens is 1. The molecule has 3 N–H and O–H groups in total. The van der Waals surface area contributed by atoms with Gasteiger partial charge in [0.25, 0.3) is 5.56 Å². The molecule has 1 aromatic carbocycles. The van der Waals surface area contributed by atoms with Crippen molar-refractivity contribution in [1.82, 2.24) is 19.7 Å².